The highest BCUT2D eigenvalue weighted by Gasteiger charge is 2.36. The molecule has 0 fully saturated rings. The molecule has 0 unspecified atom stereocenters. The first kappa shape index (κ1) is 23.2. The van der Waals surface area contributed by atoms with E-state index < -0.39 is 11.9 Å². The van der Waals surface area contributed by atoms with Crippen LogP contribution in [0.5, 0.6) is 17.2 Å². The first-order valence-corrected chi connectivity index (χ1v) is 9.14. The number of nitrogens with zero attached hydrogens (tertiary/aromatic N) is 3. The molecule has 0 spiro atoms. The van der Waals surface area contributed by atoms with Gasteiger partial charge in [-0.2, -0.15) is 18.3 Å². The van der Waals surface area contributed by atoms with Gasteiger partial charge in [-0.25, -0.2) is 4.99 Å². The van der Waals surface area contributed by atoms with Crippen molar-refractivity contribution in [3.05, 3.63) is 35.2 Å². The van der Waals surface area contributed by atoms with Crippen molar-refractivity contribution in [2.45, 2.75) is 26.2 Å². The fourth-order valence-electron chi connectivity index (χ4n) is 2.82. The Morgan fingerprint density at radius 3 is 2.23 bits per heavy atom. The van der Waals surface area contributed by atoms with Gasteiger partial charge < -0.3 is 24.8 Å². The van der Waals surface area contributed by atoms with Gasteiger partial charge in [-0.15, -0.1) is 0 Å². The van der Waals surface area contributed by atoms with Gasteiger partial charge in [-0.1, -0.05) is 0 Å². The number of nitrogens with one attached hydrogen (secondary N) is 2. The monoisotopic (exact) mass is 429 g/mol. The van der Waals surface area contributed by atoms with Crippen LogP contribution in [0.15, 0.2) is 23.3 Å². The van der Waals surface area contributed by atoms with Gasteiger partial charge >= 0.3 is 6.18 Å². The summed E-state index contributed by atoms with van der Waals surface area (Å²) in [5, 5.41) is 9.43. The third-order valence-electron chi connectivity index (χ3n) is 4.11. The van der Waals surface area contributed by atoms with E-state index in [1.165, 1.54) is 34.6 Å². The predicted octanol–water partition coefficient (Wildman–Crippen LogP) is 2.72. The maximum Gasteiger partial charge on any atom is 0.435 e. The summed E-state index contributed by atoms with van der Waals surface area (Å²) in [4.78, 5) is 4.44. The second-order valence-electron chi connectivity index (χ2n) is 6.26. The van der Waals surface area contributed by atoms with Crippen LogP contribution in [-0.4, -0.2) is 43.6 Å². The van der Waals surface area contributed by atoms with Gasteiger partial charge in [-0.3, -0.25) is 4.68 Å². The van der Waals surface area contributed by atoms with Crippen molar-refractivity contribution in [1.29, 1.82) is 0 Å². The number of methoxy groups -OCH3 is 3. The molecule has 1 aromatic heterocycles. The number of rotatable bonds is 8. The molecule has 0 amide bonds. The maximum absolute atomic E-state index is 13.1. The van der Waals surface area contributed by atoms with E-state index >= 15 is 0 Å². The van der Waals surface area contributed by atoms with E-state index in [1.807, 2.05) is 6.92 Å². The van der Waals surface area contributed by atoms with Gasteiger partial charge in [0.1, 0.15) is 0 Å². The second kappa shape index (κ2) is 10.1. The fourth-order valence-corrected chi connectivity index (χ4v) is 2.82. The number of benzene rings is 1. The Labute approximate surface area is 173 Å². The number of aromatic nitrogens is 2. The van der Waals surface area contributed by atoms with Crippen molar-refractivity contribution in [1.82, 2.24) is 20.4 Å². The average Bonchev–Trinajstić information content (AvgIpc) is 3.10. The second-order valence-corrected chi connectivity index (χ2v) is 6.26. The Morgan fingerprint density at radius 2 is 1.73 bits per heavy atom. The number of ether oxygens (including phenoxy) is 3. The first-order valence-electron chi connectivity index (χ1n) is 9.14. The first-order chi connectivity index (χ1) is 14.2. The fraction of sp³-hybridized carbons (Fsp3) is 0.474. The Kier molecular flexibility index (Phi) is 7.79. The summed E-state index contributed by atoms with van der Waals surface area (Å²) < 4.78 is 56.5. The van der Waals surface area contributed by atoms with Gasteiger partial charge in [0.15, 0.2) is 23.2 Å². The molecule has 0 radical (unpaired) electrons. The normalized spacial score (nSPS) is 11.9. The number of hydrogen-bond acceptors (Lipinski definition) is 5. The molecule has 2 aromatic rings. The van der Waals surface area contributed by atoms with Crippen LogP contribution >= 0.6 is 0 Å². The van der Waals surface area contributed by atoms with Gasteiger partial charge in [-0.05, 0) is 24.6 Å². The number of guanidine groups is 1. The molecule has 0 saturated heterocycles. The van der Waals surface area contributed by atoms with E-state index in [-0.39, 0.29) is 18.7 Å². The van der Waals surface area contributed by atoms with Crippen LogP contribution in [0, 0.1) is 0 Å². The van der Waals surface area contributed by atoms with Crippen LogP contribution in [0.2, 0.25) is 0 Å². The zero-order chi connectivity index (χ0) is 22.3. The molecule has 2 N–H and O–H groups in total. The Hall–Kier alpha value is -3.11. The number of aliphatic imine (C=N–C) groups is 1. The van der Waals surface area contributed by atoms with Crippen LogP contribution in [0.25, 0.3) is 0 Å². The van der Waals surface area contributed by atoms with Crippen molar-refractivity contribution in [2.75, 3.05) is 27.9 Å². The van der Waals surface area contributed by atoms with E-state index in [9.17, 15) is 13.2 Å². The summed E-state index contributed by atoms with van der Waals surface area (Å²) in [5.41, 5.74) is -0.111. The van der Waals surface area contributed by atoms with E-state index in [4.69, 9.17) is 14.2 Å². The predicted molar refractivity (Wildman–Crippen MR) is 106 cm³/mol. The van der Waals surface area contributed by atoms with Gasteiger partial charge in [0.25, 0.3) is 0 Å². The average molecular weight is 429 g/mol. The molecule has 0 saturated carbocycles. The molecular formula is C19H26F3N5O3. The topological polar surface area (TPSA) is 81.9 Å². The summed E-state index contributed by atoms with van der Waals surface area (Å²) in [5.74, 6) is 1.81. The summed E-state index contributed by atoms with van der Waals surface area (Å²) >= 11 is 0. The quantitative estimate of drug-likeness (QED) is 0.496. The SMILES string of the molecule is CCNC(=NCc1cc(OC)c(OC)c(OC)c1)NCc1cn(C)nc1C(F)(F)F. The molecule has 0 bridgehead atoms. The molecule has 30 heavy (non-hydrogen) atoms. The minimum atomic E-state index is -4.52. The third kappa shape index (κ3) is 5.71. The van der Waals surface area contributed by atoms with Crippen LogP contribution in [0.4, 0.5) is 13.2 Å². The zero-order valence-corrected chi connectivity index (χ0v) is 17.6. The molecule has 0 aliphatic heterocycles. The highest BCUT2D eigenvalue weighted by atomic mass is 19.4. The molecular weight excluding hydrogens is 403 g/mol. The Morgan fingerprint density at radius 1 is 1.10 bits per heavy atom. The molecule has 11 heteroatoms. The van der Waals surface area contributed by atoms with Gasteiger partial charge in [0.2, 0.25) is 5.75 Å². The summed E-state index contributed by atoms with van der Waals surface area (Å²) in [6, 6.07) is 3.52. The lowest BCUT2D eigenvalue weighted by Gasteiger charge is -2.14. The molecule has 0 atom stereocenters. The number of hydrogen-bond donors (Lipinski definition) is 2. The van der Waals surface area contributed by atoms with Crippen molar-refractivity contribution in [3.8, 4) is 17.2 Å². The zero-order valence-electron chi connectivity index (χ0n) is 17.6. The van der Waals surface area contributed by atoms with Crippen molar-refractivity contribution >= 4 is 5.96 Å². The smallest absolute Gasteiger partial charge is 0.435 e. The van der Waals surface area contributed by atoms with Gasteiger partial charge in [0.05, 0.1) is 27.9 Å². The van der Waals surface area contributed by atoms with Crippen LogP contribution < -0.4 is 24.8 Å². The maximum atomic E-state index is 13.1. The molecule has 1 heterocycles. The molecule has 0 aliphatic rings. The van der Waals surface area contributed by atoms with Crippen molar-refractivity contribution in [2.24, 2.45) is 12.0 Å². The van der Waals surface area contributed by atoms with Crippen LogP contribution in [0.3, 0.4) is 0 Å². The molecule has 1 aromatic carbocycles. The summed E-state index contributed by atoms with van der Waals surface area (Å²) in [6.45, 7) is 2.57. The summed E-state index contributed by atoms with van der Waals surface area (Å²) in [6.07, 6.45) is -3.19. The largest absolute Gasteiger partial charge is 0.493 e. The lowest BCUT2D eigenvalue weighted by Crippen LogP contribution is -2.37. The summed E-state index contributed by atoms with van der Waals surface area (Å²) in [7, 11) is 5.99. The minimum Gasteiger partial charge on any atom is -0.493 e. The lowest BCUT2D eigenvalue weighted by molar-refractivity contribution is -0.142. The van der Waals surface area contributed by atoms with E-state index in [2.05, 4.69) is 20.7 Å². The van der Waals surface area contributed by atoms with Crippen LogP contribution in [0.1, 0.15) is 23.7 Å². The molecule has 0 aliphatic carbocycles. The standard InChI is InChI=1S/C19H26F3N5O3/c1-6-23-18(25-10-13-11-27(2)26-17(13)19(20,21)22)24-9-12-7-14(28-3)16(30-5)15(8-12)29-4/h7-8,11H,6,9-10H2,1-5H3,(H2,23,24,25). The van der Waals surface area contributed by atoms with E-state index in [0.29, 0.717) is 29.8 Å². The van der Waals surface area contributed by atoms with E-state index in [1.54, 1.807) is 12.1 Å². The molecule has 2 rings (SSSR count). The lowest BCUT2D eigenvalue weighted by atomic mass is 10.2. The van der Waals surface area contributed by atoms with Crippen molar-refractivity contribution in [3.63, 3.8) is 0 Å². The highest BCUT2D eigenvalue weighted by Crippen LogP contribution is 2.38. The molecule has 8 nitrogen and oxygen atoms in total. The van der Waals surface area contributed by atoms with Gasteiger partial charge in [0, 0.05) is 31.9 Å². The minimum absolute atomic E-state index is 0.0309. The third-order valence-corrected chi connectivity index (χ3v) is 4.11. The molecule has 166 valence electrons. The van der Waals surface area contributed by atoms with E-state index in [0.717, 1.165) is 10.2 Å². The van der Waals surface area contributed by atoms with Crippen molar-refractivity contribution < 1.29 is 27.4 Å². The number of alkyl halides is 3. The Balaban J connectivity index is 2.20. The van der Waals surface area contributed by atoms with Crippen LogP contribution in [-0.2, 0) is 26.3 Å². The Bertz CT molecular complexity index is 856. The number of aryl methyl sites for hydroxylation is 1. The number of halogens is 3. The highest BCUT2D eigenvalue weighted by molar-refractivity contribution is 5.79.